The van der Waals surface area contributed by atoms with E-state index in [1.54, 1.807) is 0 Å². The predicted molar refractivity (Wildman–Crippen MR) is 144 cm³/mol. The summed E-state index contributed by atoms with van der Waals surface area (Å²) in [6.45, 7) is -0.849. The van der Waals surface area contributed by atoms with Gasteiger partial charge in [0.25, 0.3) is 10.1 Å². The number of anilines is 2. The first-order chi connectivity index (χ1) is 20.9. The van der Waals surface area contributed by atoms with Crippen molar-refractivity contribution in [2.24, 2.45) is 0 Å². The molecule has 0 saturated carbocycles. The number of aliphatic hydroxyl groups is 1. The summed E-state index contributed by atoms with van der Waals surface area (Å²) in [4.78, 5) is 31.0. The molecule has 19 nitrogen and oxygen atoms in total. The number of aliphatic hydroxyl groups excluding tert-OH is 1. The summed E-state index contributed by atoms with van der Waals surface area (Å²) in [5.41, 5.74) is 12.8. The lowest BCUT2D eigenvalue weighted by molar-refractivity contribution is -0.0561. The molecule has 9 unspecified atom stereocenters. The number of nitrogens with two attached hydrogens (primary N) is 2. The number of fused-ring (bicyclic) bond motifs is 5. The van der Waals surface area contributed by atoms with E-state index >= 15 is 4.39 Å². The van der Waals surface area contributed by atoms with Crippen LogP contribution in [0.4, 0.5) is 15.9 Å². The van der Waals surface area contributed by atoms with Gasteiger partial charge in [-0.05, 0) is 12.5 Å². The van der Waals surface area contributed by atoms with Crippen LogP contribution in [0.25, 0.3) is 22.3 Å². The molecule has 7 heterocycles. The minimum Gasteiger partial charge on any atom is -0.397 e. The van der Waals surface area contributed by atoms with E-state index < -0.39 is 79.4 Å². The van der Waals surface area contributed by atoms with Crippen molar-refractivity contribution in [3.05, 3.63) is 31.2 Å². The number of phosphoric ester groups is 1. The van der Waals surface area contributed by atoms with E-state index in [1.807, 2.05) is 0 Å². The van der Waals surface area contributed by atoms with Crippen LogP contribution < -0.4 is 11.5 Å². The zero-order valence-electron chi connectivity index (χ0n) is 22.3. The summed E-state index contributed by atoms with van der Waals surface area (Å²) in [6, 6.07) is 1.52. The Morgan fingerprint density at radius 3 is 2.48 bits per heavy atom. The zero-order chi connectivity index (χ0) is 31.0. The second-order valence-electron chi connectivity index (χ2n) is 10.3. The molecule has 4 aromatic rings. The molecule has 7 rings (SSSR count). The number of ether oxygens (including phenoxy) is 2. The highest BCUT2D eigenvalue weighted by atomic mass is 32.2. The van der Waals surface area contributed by atoms with Crippen molar-refractivity contribution in [3.8, 4) is 0 Å². The second-order valence-corrected chi connectivity index (χ2v) is 13.4. The van der Waals surface area contributed by atoms with Crippen LogP contribution in [0.5, 0.6) is 0 Å². The third kappa shape index (κ3) is 4.99. The number of pyridine rings is 1. The SMILES string of the molecule is Nc1ncnc2c1ncn2C1OC2COP(=O)(O)OC3C(O)C(CCS(=O)(=O)OC2C1F)OC3n1cnc2c(N)ccnc21. The lowest BCUT2D eigenvalue weighted by atomic mass is 10.1. The molecule has 3 aliphatic rings. The predicted octanol–water partition coefficient (Wildman–Crippen LogP) is -0.450. The summed E-state index contributed by atoms with van der Waals surface area (Å²) >= 11 is 0. The van der Waals surface area contributed by atoms with Gasteiger partial charge in [0.05, 0.1) is 36.8 Å². The van der Waals surface area contributed by atoms with Gasteiger partial charge in [0.15, 0.2) is 35.7 Å². The Morgan fingerprint density at radius 2 is 1.68 bits per heavy atom. The maximum Gasteiger partial charge on any atom is 0.472 e. The molecule has 9 atom stereocenters. The number of nitrogens with zero attached hydrogens (tertiary/aromatic N) is 7. The summed E-state index contributed by atoms with van der Waals surface area (Å²) < 4.78 is 85.2. The molecule has 236 valence electrons. The van der Waals surface area contributed by atoms with Crippen molar-refractivity contribution in [3.63, 3.8) is 0 Å². The molecule has 0 aliphatic carbocycles. The monoisotopic (exact) mass is 657 g/mol. The number of rotatable bonds is 2. The van der Waals surface area contributed by atoms with E-state index in [0.717, 1.165) is 6.33 Å². The number of hydrogen-bond acceptors (Lipinski definition) is 16. The second kappa shape index (κ2) is 10.6. The normalized spacial score (nSPS) is 36.1. The molecule has 22 heteroatoms. The van der Waals surface area contributed by atoms with Gasteiger partial charge < -0.3 is 30.9 Å². The first kappa shape index (κ1) is 29.3. The van der Waals surface area contributed by atoms with E-state index in [1.165, 1.54) is 34.1 Å². The van der Waals surface area contributed by atoms with Crippen LogP contribution in [0.2, 0.25) is 0 Å². The van der Waals surface area contributed by atoms with E-state index in [-0.39, 0.29) is 34.7 Å². The van der Waals surface area contributed by atoms with Crippen LogP contribution in [0, 0.1) is 0 Å². The first-order valence-electron chi connectivity index (χ1n) is 13.1. The van der Waals surface area contributed by atoms with Gasteiger partial charge in [-0.3, -0.25) is 22.4 Å². The van der Waals surface area contributed by atoms with E-state index in [2.05, 4.69) is 24.9 Å². The van der Waals surface area contributed by atoms with Crippen LogP contribution in [0.1, 0.15) is 18.9 Å². The van der Waals surface area contributed by atoms with Gasteiger partial charge in [-0.15, -0.1) is 0 Å². The fourth-order valence-electron chi connectivity index (χ4n) is 5.49. The summed E-state index contributed by atoms with van der Waals surface area (Å²) in [5.74, 6) is -0.703. The van der Waals surface area contributed by atoms with Crippen molar-refractivity contribution >= 4 is 51.8 Å². The van der Waals surface area contributed by atoms with Gasteiger partial charge in [0.2, 0.25) is 0 Å². The van der Waals surface area contributed by atoms with Gasteiger partial charge >= 0.3 is 7.82 Å². The number of aromatic nitrogens is 7. The van der Waals surface area contributed by atoms with Gasteiger partial charge in [-0.2, -0.15) is 8.42 Å². The first-order valence-corrected chi connectivity index (χ1v) is 16.2. The van der Waals surface area contributed by atoms with Crippen molar-refractivity contribution in [1.29, 1.82) is 0 Å². The molecule has 2 bridgehead atoms. The Balaban J connectivity index is 1.20. The number of halogens is 1. The van der Waals surface area contributed by atoms with E-state index in [4.69, 9.17) is 34.2 Å². The highest BCUT2D eigenvalue weighted by molar-refractivity contribution is 7.86. The maximum atomic E-state index is 15.9. The number of imidazole rings is 2. The lowest BCUT2D eigenvalue weighted by Crippen LogP contribution is -2.37. The molecule has 0 radical (unpaired) electrons. The van der Waals surface area contributed by atoms with Crippen LogP contribution in [0.15, 0.2) is 31.2 Å². The van der Waals surface area contributed by atoms with Crippen LogP contribution >= 0.6 is 7.82 Å². The Hall–Kier alpha value is -3.40. The topological polar surface area (TPSA) is 264 Å². The number of nitrogen functional groups attached to an aromatic ring is 2. The van der Waals surface area contributed by atoms with Crippen LogP contribution in [-0.2, 0) is 37.4 Å². The van der Waals surface area contributed by atoms with Crippen molar-refractivity contribution in [2.45, 2.75) is 55.6 Å². The minimum atomic E-state index is -5.05. The van der Waals surface area contributed by atoms with E-state index in [0.29, 0.717) is 5.52 Å². The summed E-state index contributed by atoms with van der Waals surface area (Å²) in [7, 11) is -9.55. The third-order valence-electron chi connectivity index (χ3n) is 7.57. The molecule has 0 aromatic carbocycles. The highest BCUT2D eigenvalue weighted by Crippen LogP contribution is 2.51. The quantitative estimate of drug-likeness (QED) is 0.157. The Bertz CT molecular complexity index is 1890. The molecule has 0 amide bonds. The molecule has 3 saturated heterocycles. The minimum absolute atomic E-state index is 0.0190. The van der Waals surface area contributed by atoms with Crippen molar-refractivity contribution < 1.29 is 50.1 Å². The van der Waals surface area contributed by atoms with Gasteiger partial charge in [0, 0.05) is 6.20 Å². The molecular formula is C22H25FN9O10PS. The number of hydrogen-bond donors (Lipinski definition) is 4. The standard InChI is InChI=1S/C22H25FN9O10PS/c23-12-16-11(40-21(12)31-8-30-14-18(25)27-6-28-20(14)31)5-38-43(34,35)41-17-15(33)10(2-4-44(36,37)42-16)39-22(17)32-7-29-13-9(24)1-3-26-19(13)32/h1,3,6-8,10-12,15-17,21-22,33H,2,4-5H2,(H2,24,26)(H,34,35)(H2,25,27,28). The smallest absolute Gasteiger partial charge is 0.397 e. The van der Waals surface area contributed by atoms with Gasteiger partial charge in [-0.25, -0.2) is 33.9 Å². The molecule has 3 fully saturated rings. The van der Waals surface area contributed by atoms with Crippen LogP contribution in [0.3, 0.4) is 0 Å². The molecule has 4 aromatic heterocycles. The zero-order valence-corrected chi connectivity index (χ0v) is 24.0. The highest BCUT2D eigenvalue weighted by Gasteiger charge is 2.53. The Kier molecular flexibility index (Phi) is 7.06. The fourth-order valence-corrected chi connectivity index (χ4v) is 7.61. The lowest BCUT2D eigenvalue weighted by Gasteiger charge is -2.25. The molecule has 44 heavy (non-hydrogen) atoms. The van der Waals surface area contributed by atoms with Crippen LogP contribution in [-0.4, -0.2) is 102 Å². The van der Waals surface area contributed by atoms with Crippen molar-refractivity contribution in [1.82, 2.24) is 34.1 Å². The van der Waals surface area contributed by atoms with Gasteiger partial charge in [0.1, 0.15) is 41.8 Å². The van der Waals surface area contributed by atoms with Crippen molar-refractivity contribution in [2.75, 3.05) is 23.8 Å². The Morgan fingerprint density at radius 1 is 0.977 bits per heavy atom. The molecular weight excluding hydrogens is 632 g/mol. The average molecular weight is 658 g/mol. The van der Waals surface area contributed by atoms with Gasteiger partial charge in [-0.1, -0.05) is 0 Å². The molecule has 0 spiro atoms. The van der Waals surface area contributed by atoms with E-state index in [9.17, 15) is 23.0 Å². The fraction of sp³-hybridized carbons (Fsp3) is 0.500. The number of phosphoric acid groups is 1. The summed E-state index contributed by atoms with van der Waals surface area (Å²) in [5, 5.41) is 11.0. The average Bonchev–Trinajstić information content (AvgIpc) is 3.73. The molecule has 6 N–H and O–H groups in total. The largest absolute Gasteiger partial charge is 0.472 e. The summed E-state index contributed by atoms with van der Waals surface area (Å²) in [6.07, 6.45) is -8.10. The third-order valence-corrected chi connectivity index (χ3v) is 9.81. The molecule has 3 aliphatic heterocycles. The maximum absolute atomic E-state index is 15.9. The number of alkyl halides is 1. The Labute approximate surface area is 246 Å².